The molecule has 0 bridgehead atoms. The molecule has 2 saturated heterocycles. The van der Waals surface area contributed by atoms with Gasteiger partial charge in [0, 0.05) is 30.8 Å². The summed E-state index contributed by atoms with van der Waals surface area (Å²) in [6.45, 7) is 5.96. The lowest BCUT2D eigenvalue weighted by molar-refractivity contribution is -0.385. The van der Waals surface area contributed by atoms with Crippen LogP contribution in [0.4, 0.5) is 5.69 Å². The Labute approximate surface area is 147 Å². The van der Waals surface area contributed by atoms with Crippen molar-refractivity contribution < 1.29 is 14.5 Å². The predicted octanol–water partition coefficient (Wildman–Crippen LogP) is 2.69. The molecule has 0 N–H and O–H groups in total. The zero-order valence-corrected chi connectivity index (χ0v) is 14.6. The van der Waals surface area contributed by atoms with Crippen molar-refractivity contribution in [3.05, 3.63) is 33.9 Å². The van der Waals surface area contributed by atoms with Gasteiger partial charge in [-0.15, -0.1) is 0 Å². The van der Waals surface area contributed by atoms with E-state index in [4.69, 9.17) is 4.74 Å². The summed E-state index contributed by atoms with van der Waals surface area (Å²) in [7, 11) is 0. The number of rotatable bonds is 6. The fraction of sp³-hybridized carbons (Fsp3) is 0.611. The monoisotopic (exact) mass is 347 g/mol. The van der Waals surface area contributed by atoms with Gasteiger partial charge in [0.2, 0.25) is 0 Å². The van der Waals surface area contributed by atoms with Gasteiger partial charge in [-0.05, 0) is 57.8 Å². The summed E-state index contributed by atoms with van der Waals surface area (Å²) in [4.78, 5) is 28.0. The van der Waals surface area contributed by atoms with Crippen LogP contribution in [0, 0.1) is 10.1 Å². The third-order valence-electron chi connectivity index (χ3n) is 5.01. The molecule has 0 aliphatic carbocycles. The summed E-state index contributed by atoms with van der Waals surface area (Å²) < 4.78 is 5.30. The second-order valence-electron chi connectivity index (χ2n) is 6.67. The molecule has 1 unspecified atom stereocenters. The third kappa shape index (κ3) is 3.92. The van der Waals surface area contributed by atoms with E-state index in [1.807, 2.05) is 4.90 Å². The van der Waals surface area contributed by atoms with Gasteiger partial charge in [0.05, 0.1) is 11.5 Å². The van der Waals surface area contributed by atoms with E-state index in [2.05, 4.69) is 4.90 Å². The molecule has 0 radical (unpaired) electrons. The Kier molecular flexibility index (Phi) is 5.53. The second-order valence-corrected chi connectivity index (χ2v) is 6.67. The minimum atomic E-state index is -0.493. The number of amides is 1. The molecule has 2 aliphatic rings. The molecular weight excluding hydrogens is 322 g/mol. The second kappa shape index (κ2) is 7.82. The van der Waals surface area contributed by atoms with Gasteiger partial charge in [-0.3, -0.25) is 14.9 Å². The SMILES string of the molecule is CCOc1ccc(C(=O)N2CCCC2CN2CCCC2)cc1[N+](=O)[O-]. The minimum absolute atomic E-state index is 0.118. The molecule has 7 heteroatoms. The van der Waals surface area contributed by atoms with Gasteiger partial charge in [0.15, 0.2) is 5.75 Å². The smallest absolute Gasteiger partial charge is 0.311 e. The van der Waals surface area contributed by atoms with Crippen molar-refractivity contribution in [2.45, 2.75) is 38.6 Å². The Morgan fingerprint density at radius 2 is 2.04 bits per heavy atom. The molecular formula is C18H25N3O4. The summed E-state index contributed by atoms with van der Waals surface area (Å²) in [5.41, 5.74) is 0.214. The van der Waals surface area contributed by atoms with Crippen molar-refractivity contribution in [2.75, 3.05) is 32.8 Å². The number of carbonyl (C=O) groups is 1. The van der Waals surface area contributed by atoms with Crippen LogP contribution < -0.4 is 4.74 Å². The minimum Gasteiger partial charge on any atom is -0.487 e. The lowest BCUT2D eigenvalue weighted by Crippen LogP contribution is -2.42. The normalized spacial score (nSPS) is 20.8. The molecule has 0 saturated carbocycles. The van der Waals surface area contributed by atoms with Crippen molar-refractivity contribution in [2.24, 2.45) is 0 Å². The largest absolute Gasteiger partial charge is 0.487 e. The number of carbonyl (C=O) groups excluding carboxylic acids is 1. The average molecular weight is 347 g/mol. The number of ether oxygens (including phenoxy) is 1. The molecule has 1 aromatic rings. The van der Waals surface area contributed by atoms with Crippen LogP contribution in [0.3, 0.4) is 0 Å². The maximum atomic E-state index is 12.9. The summed E-state index contributed by atoms with van der Waals surface area (Å²) in [6.07, 6.45) is 4.45. The zero-order chi connectivity index (χ0) is 17.8. The molecule has 2 heterocycles. The quantitative estimate of drug-likeness (QED) is 0.584. The molecule has 2 aliphatic heterocycles. The standard InChI is InChI=1S/C18H25N3O4/c1-2-25-17-8-7-14(12-16(17)21(23)24)18(22)20-11-5-6-15(20)13-19-9-3-4-10-19/h7-8,12,15H,2-6,9-11,13H2,1H3. The summed E-state index contributed by atoms with van der Waals surface area (Å²) in [6, 6.07) is 4.71. The first-order valence-electron chi connectivity index (χ1n) is 9.04. The number of hydrogen-bond acceptors (Lipinski definition) is 5. The highest BCUT2D eigenvalue weighted by Crippen LogP contribution is 2.30. The van der Waals surface area contributed by atoms with Crippen LogP contribution in [-0.4, -0.2) is 59.5 Å². The van der Waals surface area contributed by atoms with Crippen LogP contribution in [0.25, 0.3) is 0 Å². The summed E-state index contributed by atoms with van der Waals surface area (Å²) in [5, 5.41) is 11.3. The highest BCUT2D eigenvalue weighted by molar-refractivity contribution is 5.95. The fourth-order valence-corrected chi connectivity index (χ4v) is 3.79. The maximum absolute atomic E-state index is 12.9. The molecule has 1 amide bonds. The van der Waals surface area contributed by atoms with Gasteiger partial charge in [-0.2, -0.15) is 0 Å². The lowest BCUT2D eigenvalue weighted by atomic mass is 10.1. The van der Waals surface area contributed by atoms with Crippen LogP contribution in [0.15, 0.2) is 18.2 Å². The lowest BCUT2D eigenvalue weighted by Gasteiger charge is -2.28. The number of likely N-dealkylation sites (tertiary alicyclic amines) is 2. The maximum Gasteiger partial charge on any atom is 0.311 e. The number of nitrogens with zero attached hydrogens (tertiary/aromatic N) is 3. The highest BCUT2D eigenvalue weighted by Gasteiger charge is 2.32. The van der Waals surface area contributed by atoms with E-state index in [1.165, 1.54) is 25.0 Å². The third-order valence-corrected chi connectivity index (χ3v) is 5.01. The van der Waals surface area contributed by atoms with Crippen LogP contribution >= 0.6 is 0 Å². The van der Waals surface area contributed by atoms with Gasteiger partial charge >= 0.3 is 5.69 Å². The molecule has 3 rings (SSSR count). The molecule has 136 valence electrons. The van der Waals surface area contributed by atoms with Crippen LogP contribution in [0.1, 0.15) is 43.0 Å². The van der Waals surface area contributed by atoms with Crippen LogP contribution in [0.5, 0.6) is 5.75 Å². The molecule has 1 atom stereocenters. The summed E-state index contributed by atoms with van der Waals surface area (Å²) >= 11 is 0. The van der Waals surface area contributed by atoms with E-state index in [0.29, 0.717) is 12.2 Å². The molecule has 2 fully saturated rings. The van der Waals surface area contributed by atoms with Gasteiger partial charge in [-0.25, -0.2) is 0 Å². The molecule has 0 spiro atoms. The fourth-order valence-electron chi connectivity index (χ4n) is 3.79. The molecule has 25 heavy (non-hydrogen) atoms. The first-order chi connectivity index (χ1) is 12.1. The van der Waals surface area contributed by atoms with Crippen molar-refractivity contribution in [3.8, 4) is 5.75 Å². The molecule has 7 nitrogen and oxygen atoms in total. The van der Waals surface area contributed by atoms with E-state index in [9.17, 15) is 14.9 Å². The highest BCUT2D eigenvalue weighted by atomic mass is 16.6. The van der Waals surface area contributed by atoms with E-state index in [1.54, 1.807) is 13.0 Å². The van der Waals surface area contributed by atoms with Crippen LogP contribution in [0.2, 0.25) is 0 Å². The number of nitro groups is 1. The molecule has 0 aromatic heterocycles. The Bertz CT molecular complexity index is 643. The Morgan fingerprint density at radius 3 is 2.72 bits per heavy atom. The van der Waals surface area contributed by atoms with E-state index in [-0.39, 0.29) is 23.4 Å². The number of hydrogen-bond donors (Lipinski definition) is 0. The number of nitro benzene ring substituents is 1. The van der Waals surface area contributed by atoms with Crippen molar-refractivity contribution in [3.63, 3.8) is 0 Å². The Morgan fingerprint density at radius 1 is 1.28 bits per heavy atom. The zero-order valence-electron chi connectivity index (χ0n) is 14.6. The van der Waals surface area contributed by atoms with E-state index in [0.717, 1.165) is 39.0 Å². The van der Waals surface area contributed by atoms with Crippen molar-refractivity contribution in [1.29, 1.82) is 0 Å². The first kappa shape index (κ1) is 17.7. The Balaban J connectivity index is 1.76. The predicted molar refractivity (Wildman–Crippen MR) is 94.0 cm³/mol. The van der Waals surface area contributed by atoms with E-state index < -0.39 is 4.92 Å². The van der Waals surface area contributed by atoms with Crippen molar-refractivity contribution in [1.82, 2.24) is 9.80 Å². The van der Waals surface area contributed by atoms with Gasteiger partial charge in [0.1, 0.15) is 0 Å². The Hall–Kier alpha value is -2.15. The first-order valence-corrected chi connectivity index (χ1v) is 9.04. The topological polar surface area (TPSA) is 75.9 Å². The van der Waals surface area contributed by atoms with Gasteiger partial charge < -0.3 is 14.5 Å². The van der Waals surface area contributed by atoms with E-state index >= 15 is 0 Å². The molecule has 1 aromatic carbocycles. The van der Waals surface area contributed by atoms with Gasteiger partial charge in [-0.1, -0.05) is 0 Å². The van der Waals surface area contributed by atoms with Crippen LogP contribution in [-0.2, 0) is 0 Å². The average Bonchev–Trinajstić information content (AvgIpc) is 3.27. The van der Waals surface area contributed by atoms with Crippen molar-refractivity contribution >= 4 is 11.6 Å². The summed E-state index contributed by atoms with van der Waals surface area (Å²) in [5.74, 6) is 0.0898. The number of benzene rings is 1. The van der Waals surface area contributed by atoms with Gasteiger partial charge in [0.25, 0.3) is 5.91 Å².